The number of sulfonamides is 1. The highest BCUT2D eigenvalue weighted by atomic mass is 32.2. The molecule has 2 atom stereocenters. The predicted molar refractivity (Wildman–Crippen MR) is 158 cm³/mol. The van der Waals surface area contributed by atoms with E-state index in [1.165, 1.54) is 27.9 Å². The molecule has 1 aromatic carbocycles. The summed E-state index contributed by atoms with van der Waals surface area (Å²) in [5.74, 6) is 4.52. The summed E-state index contributed by atoms with van der Waals surface area (Å²) >= 11 is 1.33. The Morgan fingerprint density at radius 2 is 2.16 bits per heavy atom. The number of oxime groups is 1. The number of amides is 2. The van der Waals surface area contributed by atoms with Gasteiger partial charge in [-0.05, 0) is 30.7 Å². The lowest BCUT2D eigenvalue weighted by atomic mass is 10.1. The Hall–Kier alpha value is -4.30. The van der Waals surface area contributed by atoms with Crippen molar-refractivity contribution in [1.82, 2.24) is 50.4 Å². The topological polar surface area (TPSA) is 230 Å². The third kappa shape index (κ3) is 6.17. The first-order chi connectivity index (χ1) is 21.2. The maximum atomic E-state index is 13.8. The molecule has 0 spiro atoms. The molecule has 44 heavy (non-hydrogen) atoms. The Labute approximate surface area is 255 Å². The third-order valence-corrected chi connectivity index (χ3v) is 10.4. The molecular formula is C25H30N12O5S2. The number of fused-ring (bicyclic) bond motifs is 2. The summed E-state index contributed by atoms with van der Waals surface area (Å²) in [5.41, 5.74) is 2.17. The first kappa shape index (κ1) is 29.8. The molecule has 0 radical (unpaired) electrons. The van der Waals surface area contributed by atoms with Gasteiger partial charge in [-0.25, -0.2) is 13.4 Å². The van der Waals surface area contributed by atoms with Crippen LogP contribution in [0.15, 0.2) is 34.4 Å². The fraction of sp³-hybridized carbons (Fsp3) is 0.400. The van der Waals surface area contributed by atoms with Crippen molar-refractivity contribution in [3.05, 3.63) is 51.2 Å². The number of thiazole rings is 1. The van der Waals surface area contributed by atoms with E-state index in [2.05, 4.69) is 58.2 Å². The number of carbonyl (C=O) groups is 2. The number of hydrogen-bond donors (Lipinski definition) is 5. The van der Waals surface area contributed by atoms with Crippen molar-refractivity contribution < 1.29 is 22.9 Å². The van der Waals surface area contributed by atoms with Crippen LogP contribution >= 0.6 is 11.3 Å². The number of H-pyrrole nitrogens is 2. The van der Waals surface area contributed by atoms with Crippen LogP contribution in [-0.4, -0.2) is 98.0 Å². The molecule has 19 heteroatoms. The number of carbonyl (C=O) groups excluding carboxylic acids is 2. The van der Waals surface area contributed by atoms with Gasteiger partial charge >= 0.3 is 0 Å². The van der Waals surface area contributed by atoms with Gasteiger partial charge in [-0.2, -0.15) is 9.52 Å². The Morgan fingerprint density at radius 1 is 1.30 bits per heavy atom. The van der Waals surface area contributed by atoms with Gasteiger partial charge < -0.3 is 25.5 Å². The summed E-state index contributed by atoms with van der Waals surface area (Å²) < 4.78 is 28.9. The van der Waals surface area contributed by atoms with Gasteiger partial charge in [-0.3, -0.25) is 9.59 Å². The molecule has 3 aromatic heterocycles. The van der Waals surface area contributed by atoms with E-state index in [-0.39, 0.29) is 49.6 Å². The number of hydrogen-bond acceptors (Lipinski definition) is 13. The van der Waals surface area contributed by atoms with Gasteiger partial charge in [-0.15, -0.1) is 27.4 Å². The number of nitrogens with one attached hydrogen (secondary N) is 4. The molecule has 2 aliphatic rings. The Bertz CT molecular complexity index is 1800. The summed E-state index contributed by atoms with van der Waals surface area (Å²) in [7, 11) is -4.02. The normalized spacial score (nSPS) is 19.4. The molecule has 6 rings (SSSR count). The zero-order valence-corrected chi connectivity index (χ0v) is 25.2. The zero-order valence-electron chi connectivity index (χ0n) is 23.6. The number of nitrogens with two attached hydrogens (primary N) is 1. The Kier molecular flexibility index (Phi) is 8.36. The molecule has 1 fully saturated rings. The number of piperazine rings is 1. The molecule has 2 unspecified atom stereocenters. The molecule has 2 amide bonds. The Balaban J connectivity index is 1.24. The van der Waals surface area contributed by atoms with E-state index in [0.29, 0.717) is 40.3 Å². The van der Waals surface area contributed by atoms with E-state index in [1.54, 1.807) is 23.1 Å². The number of aromatic nitrogens is 6. The molecule has 2 aliphatic heterocycles. The third-order valence-electron chi connectivity index (χ3n) is 7.53. The predicted octanol–water partition coefficient (Wildman–Crippen LogP) is -0.382. The number of rotatable bonds is 9. The highest BCUT2D eigenvalue weighted by molar-refractivity contribution is 7.89. The molecule has 0 bridgehead atoms. The average Bonchev–Trinajstić information content (AvgIpc) is 3.78. The highest BCUT2D eigenvalue weighted by Gasteiger charge is 2.39. The van der Waals surface area contributed by atoms with Crippen LogP contribution in [0.2, 0.25) is 0 Å². The molecule has 0 saturated carbocycles. The summed E-state index contributed by atoms with van der Waals surface area (Å²) in [6, 6.07) is 6.23. The maximum Gasteiger partial charge on any atom is 0.283 e. The fourth-order valence-electron chi connectivity index (χ4n) is 5.31. The van der Waals surface area contributed by atoms with Crippen molar-refractivity contribution in [3.63, 3.8) is 0 Å². The van der Waals surface area contributed by atoms with E-state index >= 15 is 0 Å². The Morgan fingerprint density at radius 3 is 2.95 bits per heavy atom. The summed E-state index contributed by atoms with van der Waals surface area (Å²) in [6.45, 7) is 2.76. The molecule has 0 aliphatic carbocycles. The summed E-state index contributed by atoms with van der Waals surface area (Å²) in [6.07, 6.45) is 1.98. The zero-order chi connectivity index (χ0) is 30.8. The minimum absolute atomic E-state index is 0.00836. The van der Waals surface area contributed by atoms with Crippen LogP contribution < -0.4 is 16.5 Å². The van der Waals surface area contributed by atoms with Gasteiger partial charge in [0.25, 0.3) is 15.9 Å². The molecule has 4 aromatic rings. The lowest BCUT2D eigenvalue weighted by Crippen LogP contribution is -2.57. The quantitative estimate of drug-likeness (QED) is 0.117. The lowest BCUT2D eigenvalue weighted by molar-refractivity contribution is -0.122. The van der Waals surface area contributed by atoms with Crippen molar-refractivity contribution in [2.75, 3.05) is 19.6 Å². The van der Waals surface area contributed by atoms with E-state index < -0.39 is 22.0 Å². The van der Waals surface area contributed by atoms with Gasteiger partial charge in [0, 0.05) is 60.8 Å². The van der Waals surface area contributed by atoms with Gasteiger partial charge in [0.15, 0.2) is 10.8 Å². The van der Waals surface area contributed by atoms with Crippen LogP contribution in [0.3, 0.4) is 0 Å². The van der Waals surface area contributed by atoms with Crippen molar-refractivity contribution in [2.24, 2.45) is 11.1 Å². The van der Waals surface area contributed by atoms with Crippen LogP contribution in [0.5, 0.6) is 0 Å². The number of aromatic amines is 2. The van der Waals surface area contributed by atoms with Crippen LogP contribution in [0.4, 0.5) is 0 Å². The second-order valence-corrected chi connectivity index (χ2v) is 13.5. The SMILES string of the molecule is CC1Cc2nc(C(=O)N3CCN(S(=O)(=O)c4cc5cc(/C=N/ON)ccc5[nH]4)CC3CC(=O)NCc3nn[nH]n3)sc2CN1. The van der Waals surface area contributed by atoms with E-state index in [1.807, 2.05) is 0 Å². The van der Waals surface area contributed by atoms with E-state index in [4.69, 9.17) is 5.90 Å². The van der Waals surface area contributed by atoms with Crippen LogP contribution in [-0.2, 0) is 39.3 Å². The van der Waals surface area contributed by atoms with Crippen molar-refractivity contribution >= 4 is 50.3 Å². The highest BCUT2D eigenvalue weighted by Crippen LogP contribution is 2.28. The van der Waals surface area contributed by atoms with Crippen molar-refractivity contribution in [1.29, 1.82) is 0 Å². The summed E-state index contributed by atoms with van der Waals surface area (Å²) in [4.78, 5) is 41.2. The van der Waals surface area contributed by atoms with Gasteiger partial charge in [0.1, 0.15) is 5.03 Å². The van der Waals surface area contributed by atoms with E-state index in [0.717, 1.165) is 10.6 Å². The minimum Gasteiger partial charge on any atom is -0.349 e. The molecule has 232 valence electrons. The van der Waals surface area contributed by atoms with Gasteiger partial charge in [0.05, 0.1) is 24.5 Å². The molecule has 6 N–H and O–H groups in total. The molecule has 5 heterocycles. The second kappa shape index (κ2) is 12.4. The largest absolute Gasteiger partial charge is 0.349 e. The van der Waals surface area contributed by atoms with Gasteiger partial charge in [-0.1, -0.05) is 16.4 Å². The standard InChI is InChI=1S/C25H30N12O5S2/c1-14-6-19-20(11-27-14)43-24(31-19)25(39)37-5-4-36(13-17(37)9-22(38)28-12-21-32-34-35-33-21)44(40,41)23-8-16-7-15(10-29-42-26)2-3-18(16)30-23/h2-3,7-8,10,14,17,27,30H,4-6,9,11-13,26H2,1H3,(H,28,38)(H,32,33,34,35)/b29-10+. The maximum absolute atomic E-state index is 13.8. The number of benzene rings is 1. The average molecular weight is 643 g/mol. The number of tetrazole rings is 1. The van der Waals surface area contributed by atoms with Crippen molar-refractivity contribution in [2.45, 2.75) is 50.0 Å². The molecule has 1 saturated heterocycles. The fourth-order valence-corrected chi connectivity index (χ4v) is 7.79. The van der Waals surface area contributed by atoms with Crippen LogP contribution in [0, 0.1) is 0 Å². The minimum atomic E-state index is -4.02. The van der Waals surface area contributed by atoms with Gasteiger partial charge in [0.2, 0.25) is 5.91 Å². The summed E-state index contributed by atoms with van der Waals surface area (Å²) in [5, 5.41) is 24.0. The van der Waals surface area contributed by atoms with Crippen molar-refractivity contribution in [3.8, 4) is 0 Å². The smallest absolute Gasteiger partial charge is 0.283 e. The first-order valence-electron chi connectivity index (χ1n) is 13.8. The number of nitrogens with zero attached hydrogens (tertiary/aromatic N) is 7. The van der Waals surface area contributed by atoms with E-state index in [9.17, 15) is 18.0 Å². The second-order valence-electron chi connectivity index (χ2n) is 10.5. The lowest BCUT2D eigenvalue weighted by Gasteiger charge is -2.40. The molecular weight excluding hydrogens is 612 g/mol. The molecule has 17 nitrogen and oxygen atoms in total. The van der Waals surface area contributed by atoms with Crippen LogP contribution in [0.1, 0.15) is 45.1 Å². The first-order valence-corrected chi connectivity index (χ1v) is 16.0. The monoisotopic (exact) mass is 642 g/mol. The van der Waals surface area contributed by atoms with Crippen LogP contribution in [0.25, 0.3) is 10.9 Å².